The average molecular weight is 246 g/mol. The van der Waals surface area contributed by atoms with Crippen molar-refractivity contribution in [3.05, 3.63) is 0 Å². The number of hydrogen-bond donors (Lipinski definition) is 4. The smallest absolute Gasteiger partial charge is 0.320 e. The highest BCUT2D eigenvalue weighted by Gasteiger charge is 2.20. The van der Waals surface area contributed by atoms with Gasteiger partial charge < -0.3 is 21.3 Å². The molecule has 1 heterocycles. The molecular weight excluding hydrogens is 224 g/mol. The van der Waals surface area contributed by atoms with Crippen LogP contribution in [0.5, 0.6) is 0 Å². The molecule has 100 valence electrons. The van der Waals surface area contributed by atoms with Gasteiger partial charge in [0.1, 0.15) is 12.1 Å². The standard InChI is InChI=1S/C6H13NO2.C5H9NO2/c1-3-4(2)5(7)6(8)9;7-5(8)4-2-1-3-6-4/h4-5H,3,7H2,1-2H3,(H,8,9);4,6H,1-3H2,(H,7,8). The topological polar surface area (TPSA) is 113 Å². The molecule has 0 bridgehead atoms. The molecule has 5 N–H and O–H groups in total. The summed E-state index contributed by atoms with van der Waals surface area (Å²) in [6.45, 7) is 4.61. The molecular formula is C11H22N2O4. The Bertz CT molecular complexity index is 252. The number of nitrogens with one attached hydrogen (secondary N) is 1. The fourth-order valence-corrected chi connectivity index (χ4v) is 1.39. The van der Waals surface area contributed by atoms with Crippen LogP contribution in [0.25, 0.3) is 0 Å². The lowest BCUT2D eigenvalue weighted by molar-refractivity contribution is -0.140. The largest absolute Gasteiger partial charge is 0.480 e. The van der Waals surface area contributed by atoms with Crippen molar-refractivity contribution >= 4 is 11.9 Å². The van der Waals surface area contributed by atoms with Gasteiger partial charge in [-0.15, -0.1) is 0 Å². The van der Waals surface area contributed by atoms with Crippen molar-refractivity contribution in [1.82, 2.24) is 5.32 Å². The lowest BCUT2D eigenvalue weighted by Gasteiger charge is -2.11. The van der Waals surface area contributed by atoms with E-state index >= 15 is 0 Å². The number of carbonyl (C=O) groups is 2. The van der Waals surface area contributed by atoms with E-state index in [1.54, 1.807) is 0 Å². The Kier molecular flexibility index (Phi) is 7.49. The molecule has 0 spiro atoms. The monoisotopic (exact) mass is 246 g/mol. The third kappa shape index (κ3) is 6.23. The third-order valence-corrected chi connectivity index (χ3v) is 2.90. The lowest BCUT2D eigenvalue weighted by atomic mass is 10.0. The van der Waals surface area contributed by atoms with E-state index in [-0.39, 0.29) is 12.0 Å². The second-order valence-electron chi connectivity index (χ2n) is 4.24. The molecule has 3 atom stereocenters. The highest BCUT2D eigenvalue weighted by Crippen LogP contribution is 2.04. The molecule has 1 rings (SSSR count). The van der Waals surface area contributed by atoms with Crippen LogP contribution in [0.2, 0.25) is 0 Å². The second kappa shape index (κ2) is 8.03. The molecule has 17 heavy (non-hydrogen) atoms. The first kappa shape index (κ1) is 15.9. The van der Waals surface area contributed by atoms with Gasteiger partial charge in [0.15, 0.2) is 0 Å². The number of rotatable bonds is 4. The first-order valence-corrected chi connectivity index (χ1v) is 5.84. The molecule has 0 aromatic carbocycles. The zero-order valence-corrected chi connectivity index (χ0v) is 10.3. The van der Waals surface area contributed by atoms with Crippen molar-refractivity contribution in [2.75, 3.05) is 6.54 Å². The van der Waals surface area contributed by atoms with Crippen LogP contribution in [-0.4, -0.2) is 40.8 Å². The predicted octanol–water partition coefficient (Wildman–Crippen LogP) is 0.267. The maximum Gasteiger partial charge on any atom is 0.320 e. The maximum absolute atomic E-state index is 10.2. The van der Waals surface area contributed by atoms with E-state index in [1.807, 2.05) is 13.8 Å². The van der Waals surface area contributed by atoms with Crippen molar-refractivity contribution in [3.8, 4) is 0 Å². The van der Waals surface area contributed by atoms with E-state index in [1.165, 1.54) is 0 Å². The van der Waals surface area contributed by atoms with Crippen molar-refractivity contribution in [1.29, 1.82) is 0 Å². The summed E-state index contributed by atoms with van der Waals surface area (Å²) in [5, 5.41) is 19.6. The van der Waals surface area contributed by atoms with E-state index in [4.69, 9.17) is 15.9 Å². The molecule has 6 heteroatoms. The summed E-state index contributed by atoms with van der Waals surface area (Å²) in [5.74, 6) is -1.56. The maximum atomic E-state index is 10.2. The van der Waals surface area contributed by atoms with Gasteiger partial charge in [-0.3, -0.25) is 9.59 Å². The first-order valence-electron chi connectivity index (χ1n) is 5.84. The molecule has 0 aliphatic carbocycles. The lowest BCUT2D eigenvalue weighted by Crippen LogP contribution is -2.36. The van der Waals surface area contributed by atoms with Gasteiger partial charge in [0.05, 0.1) is 0 Å². The van der Waals surface area contributed by atoms with Gasteiger partial charge in [-0.05, 0) is 25.3 Å². The van der Waals surface area contributed by atoms with Crippen LogP contribution < -0.4 is 11.1 Å². The fourth-order valence-electron chi connectivity index (χ4n) is 1.39. The minimum absolute atomic E-state index is 0.0718. The second-order valence-corrected chi connectivity index (χ2v) is 4.24. The van der Waals surface area contributed by atoms with Gasteiger partial charge in [-0.2, -0.15) is 0 Å². The van der Waals surface area contributed by atoms with E-state index < -0.39 is 18.0 Å². The van der Waals surface area contributed by atoms with Gasteiger partial charge in [-0.25, -0.2) is 0 Å². The Hall–Kier alpha value is -1.14. The van der Waals surface area contributed by atoms with Crippen molar-refractivity contribution < 1.29 is 19.8 Å². The Labute approximate surface area is 101 Å². The SMILES string of the molecule is CCC(C)C(N)C(=O)O.O=C(O)C1CCCN1. The van der Waals surface area contributed by atoms with Crippen LogP contribution in [0, 0.1) is 5.92 Å². The Morgan fingerprint density at radius 1 is 1.47 bits per heavy atom. The zero-order chi connectivity index (χ0) is 13.4. The van der Waals surface area contributed by atoms with Crippen molar-refractivity contribution in [2.24, 2.45) is 11.7 Å². The molecule has 0 radical (unpaired) electrons. The van der Waals surface area contributed by atoms with Crippen LogP contribution in [0.15, 0.2) is 0 Å². The summed E-state index contributed by atoms with van der Waals surface area (Å²) in [5.41, 5.74) is 5.27. The Morgan fingerprint density at radius 2 is 2.06 bits per heavy atom. The third-order valence-electron chi connectivity index (χ3n) is 2.90. The summed E-state index contributed by atoms with van der Waals surface area (Å²) >= 11 is 0. The zero-order valence-electron chi connectivity index (χ0n) is 10.3. The summed E-state index contributed by atoms with van der Waals surface area (Å²) in [6.07, 6.45) is 2.60. The van der Waals surface area contributed by atoms with Crippen LogP contribution >= 0.6 is 0 Å². The van der Waals surface area contributed by atoms with Gasteiger partial charge in [0, 0.05) is 0 Å². The Morgan fingerprint density at radius 3 is 2.24 bits per heavy atom. The van der Waals surface area contributed by atoms with Crippen molar-refractivity contribution in [2.45, 2.75) is 45.2 Å². The number of carboxylic acid groups (broad SMARTS) is 2. The van der Waals surface area contributed by atoms with Crippen LogP contribution in [-0.2, 0) is 9.59 Å². The van der Waals surface area contributed by atoms with Gasteiger partial charge in [-0.1, -0.05) is 20.3 Å². The number of hydrogen-bond acceptors (Lipinski definition) is 4. The minimum Gasteiger partial charge on any atom is -0.480 e. The molecule has 1 aliphatic heterocycles. The molecule has 1 fully saturated rings. The number of carboxylic acids is 2. The molecule has 0 aromatic heterocycles. The molecule has 1 saturated heterocycles. The predicted molar refractivity (Wildman–Crippen MR) is 63.7 cm³/mol. The number of nitrogens with two attached hydrogens (primary N) is 1. The average Bonchev–Trinajstić information content (AvgIpc) is 2.81. The number of aliphatic carboxylic acids is 2. The summed E-state index contributed by atoms with van der Waals surface area (Å²) in [6, 6.07) is -0.968. The van der Waals surface area contributed by atoms with Crippen LogP contribution in [0.1, 0.15) is 33.1 Å². The summed E-state index contributed by atoms with van der Waals surface area (Å²) in [4.78, 5) is 20.3. The molecule has 0 amide bonds. The van der Waals surface area contributed by atoms with Crippen LogP contribution in [0.3, 0.4) is 0 Å². The molecule has 1 aliphatic rings. The van der Waals surface area contributed by atoms with Gasteiger partial charge >= 0.3 is 11.9 Å². The van der Waals surface area contributed by atoms with Gasteiger partial charge in [0.2, 0.25) is 0 Å². The van der Waals surface area contributed by atoms with E-state index in [0.29, 0.717) is 0 Å². The fraction of sp³-hybridized carbons (Fsp3) is 0.818. The first-order chi connectivity index (χ1) is 7.90. The molecule has 3 unspecified atom stereocenters. The van der Waals surface area contributed by atoms with E-state index in [0.717, 1.165) is 25.8 Å². The summed E-state index contributed by atoms with van der Waals surface area (Å²) < 4.78 is 0. The van der Waals surface area contributed by atoms with Crippen LogP contribution in [0.4, 0.5) is 0 Å². The minimum atomic E-state index is -0.913. The van der Waals surface area contributed by atoms with E-state index in [9.17, 15) is 9.59 Å². The highest BCUT2D eigenvalue weighted by molar-refractivity contribution is 5.73. The highest BCUT2D eigenvalue weighted by atomic mass is 16.4. The quantitative estimate of drug-likeness (QED) is 0.566. The molecule has 0 saturated carbocycles. The molecule has 6 nitrogen and oxygen atoms in total. The normalized spacial score (nSPS) is 22.2. The van der Waals surface area contributed by atoms with Crippen molar-refractivity contribution in [3.63, 3.8) is 0 Å². The Balaban J connectivity index is 0.000000302. The molecule has 0 aromatic rings. The van der Waals surface area contributed by atoms with Gasteiger partial charge in [0.25, 0.3) is 0 Å². The van der Waals surface area contributed by atoms with E-state index in [2.05, 4.69) is 5.32 Å². The summed E-state index contributed by atoms with van der Waals surface area (Å²) in [7, 11) is 0.